The van der Waals surface area contributed by atoms with E-state index in [-0.39, 0.29) is 11.5 Å². The van der Waals surface area contributed by atoms with Gasteiger partial charge in [-0.05, 0) is 30.7 Å². The number of anilines is 1. The summed E-state index contributed by atoms with van der Waals surface area (Å²) in [4.78, 5) is 38.6. The molecule has 0 saturated carbocycles. The minimum absolute atomic E-state index is 0.0206. The summed E-state index contributed by atoms with van der Waals surface area (Å²) in [5, 5.41) is 0. The molecule has 0 bridgehead atoms. The van der Waals surface area contributed by atoms with Crippen molar-refractivity contribution < 1.29 is 23.9 Å². The molecule has 28 heavy (non-hydrogen) atoms. The van der Waals surface area contributed by atoms with Crippen molar-refractivity contribution in [2.45, 2.75) is 12.8 Å². The number of hydrogen-bond acceptors (Lipinski definition) is 5. The summed E-state index contributed by atoms with van der Waals surface area (Å²) in [5.74, 6) is -0.158. The Morgan fingerprint density at radius 1 is 0.964 bits per heavy atom. The number of carbonyl (C=O) groups is 3. The highest BCUT2D eigenvalue weighted by Gasteiger charge is 2.25. The first kappa shape index (κ1) is 19.2. The molecule has 2 aromatic rings. The Morgan fingerprint density at radius 3 is 2.21 bits per heavy atom. The Balaban J connectivity index is 1.73. The zero-order valence-corrected chi connectivity index (χ0v) is 15.7. The minimum Gasteiger partial charge on any atom is -0.497 e. The van der Waals surface area contributed by atoms with E-state index in [1.54, 1.807) is 35.2 Å². The number of nitrogens with one attached hydrogen (secondary N) is 2. The second-order valence-electron chi connectivity index (χ2n) is 6.18. The lowest BCUT2D eigenvalue weighted by atomic mass is 10.1. The summed E-state index contributed by atoms with van der Waals surface area (Å²) >= 11 is 0. The lowest BCUT2D eigenvalue weighted by Crippen LogP contribution is -2.42. The molecule has 3 rings (SSSR count). The first-order valence-corrected chi connectivity index (χ1v) is 8.76. The summed E-state index contributed by atoms with van der Waals surface area (Å²) in [7, 11) is 2.96. The van der Waals surface area contributed by atoms with Gasteiger partial charge in [-0.15, -0.1) is 0 Å². The van der Waals surface area contributed by atoms with Crippen molar-refractivity contribution in [3.63, 3.8) is 0 Å². The van der Waals surface area contributed by atoms with E-state index in [9.17, 15) is 14.4 Å². The van der Waals surface area contributed by atoms with Crippen LogP contribution < -0.4 is 25.2 Å². The molecule has 0 atom stereocenters. The molecule has 0 radical (unpaired) electrons. The molecule has 0 aliphatic carbocycles. The standard InChI is InChI=1S/C20H21N3O5/c1-27-14-10-13(11-15(12-14)28-2)19(25)21-22-20(26)16-6-3-4-7-17(16)23-9-5-8-18(23)24/h3-4,6-7,10-12H,5,8-9H2,1-2H3,(H,21,25)(H,22,26). The van der Waals surface area contributed by atoms with E-state index >= 15 is 0 Å². The third-order valence-electron chi connectivity index (χ3n) is 4.42. The monoisotopic (exact) mass is 383 g/mol. The summed E-state index contributed by atoms with van der Waals surface area (Å²) in [5.41, 5.74) is 5.87. The van der Waals surface area contributed by atoms with Gasteiger partial charge in [0.25, 0.3) is 11.8 Å². The number of hydrogen-bond donors (Lipinski definition) is 2. The SMILES string of the molecule is COc1cc(OC)cc(C(=O)NNC(=O)c2ccccc2N2CCCC2=O)c1. The summed E-state index contributed by atoms with van der Waals surface area (Å²) in [6.07, 6.45) is 1.22. The highest BCUT2D eigenvalue weighted by atomic mass is 16.5. The van der Waals surface area contributed by atoms with E-state index in [1.807, 2.05) is 0 Å². The quantitative estimate of drug-likeness (QED) is 0.769. The molecule has 0 aromatic heterocycles. The molecule has 1 fully saturated rings. The summed E-state index contributed by atoms with van der Waals surface area (Å²) in [6.45, 7) is 0.569. The average molecular weight is 383 g/mol. The van der Waals surface area contributed by atoms with Crippen molar-refractivity contribution in [1.29, 1.82) is 0 Å². The number of nitrogens with zero attached hydrogens (tertiary/aromatic N) is 1. The van der Waals surface area contributed by atoms with Gasteiger partial charge in [0, 0.05) is 24.6 Å². The number of methoxy groups -OCH3 is 2. The van der Waals surface area contributed by atoms with Gasteiger partial charge in [-0.2, -0.15) is 0 Å². The van der Waals surface area contributed by atoms with Crippen LogP contribution in [0.4, 0.5) is 5.69 Å². The first-order chi connectivity index (χ1) is 13.5. The van der Waals surface area contributed by atoms with Crippen molar-refractivity contribution in [2.75, 3.05) is 25.7 Å². The second kappa shape index (κ2) is 8.43. The molecule has 3 amide bonds. The first-order valence-electron chi connectivity index (χ1n) is 8.76. The molecule has 0 unspecified atom stereocenters. The largest absolute Gasteiger partial charge is 0.497 e. The normalized spacial score (nSPS) is 13.2. The molecule has 1 heterocycles. The summed E-state index contributed by atoms with van der Waals surface area (Å²) < 4.78 is 10.3. The van der Waals surface area contributed by atoms with Crippen molar-refractivity contribution in [3.8, 4) is 11.5 Å². The van der Waals surface area contributed by atoms with Gasteiger partial charge in [0.05, 0.1) is 25.5 Å². The van der Waals surface area contributed by atoms with Gasteiger partial charge in [0.1, 0.15) is 11.5 Å². The third kappa shape index (κ3) is 4.06. The number of amides is 3. The molecule has 2 aromatic carbocycles. The predicted octanol–water partition coefficient (Wildman–Crippen LogP) is 1.91. The number of carbonyl (C=O) groups excluding carboxylic acids is 3. The molecule has 1 aliphatic heterocycles. The number of ether oxygens (including phenoxy) is 2. The van der Waals surface area contributed by atoms with Crippen LogP contribution in [-0.4, -0.2) is 38.5 Å². The lowest BCUT2D eigenvalue weighted by molar-refractivity contribution is -0.117. The van der Waals surface area contributed by atoms with Gasteiger partial charge in [0.2, 0.25) is 5.91 Å². The molecule has 8 nitrogen and oxygen atoms in total. The number of para-hydroxylation sites is 1. The zero-order chi connectivity index (χ0) is 20.1. The fourth-order valence-corrected chi connectivity index (χ4v) is 3.00. The molecule has 0 spiro atoms. The Hall–Kier alpha value is -3.55. The average Bonchev–Trinajstić information content (AvgIpc) is 3.16. The maximum absolute atomic E-state index is 12.6. The van der Waals surface area contributed by atoms with Gasteiger partial charge >= 0.3 is 0 Å². The van der Waals surface area contributed by atoms with Gasteiger partial charge < -0.3 is 14.4 Å². The summed E-state index contributed by atoms with van der Waals surface area (Å²) in [6, 6.07) is 11.5. The van der Waals surface area contributed by atoms with Crippen LogP contribution in [0.25, 0.3) is 0 Å². The maximum atomic E-state index is 12.6. The van der Waals surface area contributed by atoms with E-state index in [0.717, 1.165) is 6.42 Å². The van der Waals surface area contributed by atoms with Crippen molar-refractivity contribution in [1.82, 2.24) is 10.9 Å². The van der Waals surface area contributed by atoms with Gasteiger partial charge in [0.15, 0.2) is 0 Å². The van der Waals surface area contributed by atoms with E-state index in [2.05, 4.69) is 10.9 Å². The number of hydrazine groups is 1. The molecular weight excluding hydrogens is 362 g/mol. The molecule has 2 N–H and O–H groups in total. The molecule has 146 valence electrons. The van der Waals surface area contributed by atoms with Gasteiger partial charge in [-0.3, -0.25) is 25.2 Å². The smallest absolute Gasteiger partial charge is 0.271 e. The highest BCUT2D eigenvalue weighted by Crippen LogP contribution is 2.25. The highest BCUT2D eigenvalue weighted by molar-refractivity contribution is 6.06. The Bertz CT molecular complexity index is 890. The topological polar surface area (TPSA) is 97.0 Å². The predicted molar refractivity (Wildman–Crippen MR) is 103 cm³/mol. The van der Waals surface area contributed by atoms with Crippen LogP contribution in [0.1, 0.15) is 33.6 Å². The fourth-order valence-electron chi connectivity index (χ4n) is 3.00. The van der Waals surface area contributed by atoms with E-state index in [0.29, 0.717) is 35.7 Å². The van der Waals surface area contributed by atoms with E-state index < -0.39 is 11.8 Å². The van der Waals surface area contributed by atoms with E-state index in [1.165, 1.54) is 26.4 Å². The van der Waals surface area contributed by atoms with Crippen LogP contribution in [0.2, 0.25) is 0 Å². The molecule has 8 heteroatoms. The van der Waals surface area contributed by atoms with Crippen LogP contribution in [-0.2, 0) is 4.79 Å². The lowest BCUT2D eigenvalue weighted by Gasteiger charge is -2.19. The minimum atomic E-state index is -0.528. The van der Waals surface area contributed by atoms with Crippen LogP contribution >= 0.6 is 0 Å². The fraction of sp³-hybridized carbons (Fsp3) is 0.250. The van der Waals surface area contributed by atoms with E-state index in [4.69, 9.17) is 9.47 Å². The zero-order valence-electron chi connectivity index (χ0n) is 15.7. The number of benzene rings is 2. The van der Waals surface area contributed by atoms with Crippen LogP contribution in [0.5, 0.6) is 11.5 Å². The van der Waals surface area contributed by atoms with Crippen molar-refractivity contribution in [2.24, 2.45) is 0 Å². The third-order valence-corrected chi connectivity index (χ3v) is 4.42. The number of rotatable bonds is 5. The molecule has 1 saturated heterocycles. The second-order valence-corrected chi connectivity index (χ2v) is 6.18. The van der Waals surface area contributed by atoms with Gasteiger partial charge in [-0.1, -0.05) is 12.1 Å². The van der Waals surface area contributed by atoms with Crippen LogP contribution in [0.3, 0.4) is 0 Å². The molecular formula is C20H21N3O5. The van der Waals surface area contributed by atoms with Crippen LogP contribution in [0.15, 0.2) is 42.5 Å². The molecule has 1 aliphatic rings. The van der Waals surface area contributed by atoms with Gasteiger partial charge in [-0.25, -0.2) is 0 Å². The van der Waals surface area contributed by atoms with Crippen LogP contribution in [0, 0.1) is 0 Å². The van der Waals surface area contributed by atoms with Crippen molar-refractivity contribution >= 4 is 23.4 Å². The Kier molecular flexibility index (Phi) is 5.78. The maximum Gasteiger partial charge on any atom is 0.271 e. The Labute approximate surface area is 162 Å². The Morgan fingerprint density at radius 2 is 1.61 bits per heavy atom. The van der Waals surface area contributed by atoms with Crippen molar-refractivity contribution in [3.05, 3.63) is 53.6 Å².